The van der Waals surface area contributed by atoms with E-state index in [9.17, 15) is 5.11 Å². The van der Waals surface area contributed by atoms with Crippen molar-refractivity contribution in [3.05, 3.63) is 23.1 Å². The van der Waals surface area contributed by atoms with Crippen molar-refractivity contribution in [2.45, 2.75) is 38.4 Å². The maximum atomic E-state index is 9.68. The summed E-state index contributed by atoms with van der Waals surface area (Å²) in [6, 6.07) is 0. The Hall–Kier alpha value is -0.340. The molecule has 1 N–H and O–H groups in total. The van der Waals surface area contributed by atoms with Gasteiger partial charge in [0.2, 0.25) is 4.49 Å². The Morgan fingerprint density at radius 2 is 2.14 bits per heavy atom. The van der Waals surface area contributed by atoms with E-state index in [1.165, 1.54) is 0 Å². The molecule has 0 saturated carbocycles. The highest BCUT2D eigenvalue weighted by Gasteiger charge is 2.33. The van der Waals surface area contributed by atoms with Gasteiger partial charge in [0.05, 0.1) is 0 Å². The Kier molecular flexibility index (Phi) is 4.14. The summed E-state index contributed by atoms with van der Waals surface area (Å²) >= 11 is 11.1. The highest BCUT2D eigenvalue weighted by atomic mass is 35.5. The second-order valence-electron chi connectivity index (χ2n) is 3.45. The van der Waals surface area contributed by atoms with Crippen molar-refractivity contribution in [3.63, 3.8) is 0 Å². The minimum atomic E-state index is -0.120. The van der Waals surface area contributed by atoms with Gasteiger partial charge in [0.15, 0.2) is 0 Å². The second kappa shape index (κ2) is 4.94. The summed E-state index contributed by atoms with van der Waals surface area (Å²) in [5, 5.41) is 9.68. The minimum absolute atomic E-state index is 0.0475. The maximum absolute atomic E-state index is 9.68. The molecule has 0 amide bonds. The largest absolute Gasteiger partial charge is 0.538 e. The highest BCUT2D eigenvalue weighted by Crippen LogP contribution is 2.33. The molecule has 0 radical (unpaired) electrons. The summed E-state index contributed by atoms with van der Waals surface area (Å²) < 4.78 is 2.60. The molecule has 1 rings (SSSR count). The van der Waals surface area contributed by atoms with Crippen LogP contribution in [0.5, 0.6) is 0 Å². The lowest BCUT2D eigenvalue weighted by Crippen LogP contribution is -2.36. The predicted molar refractivity (Wildman–Crippen MR) is 59.7 cm³/mol. The normalized spacial score (nSPS) is 27.2. The van der Waals surface area contributed by atoms with E-state index in [0.29, 0.717) is 0 Å². The summed E-state index contributed by atoms with van der Waals surface area (Å²) in [5.74, 6) is -0.120. The van der Waals surface area contributed by atoms with Crippen LogP contribution >= 0.6 is 23.2 Å². The molecule has 4 heteroatoms. The zero-order chi connectivity index (χ0) is 10.7. The third-order valence-corrected chi connectivity index (χ3v) is 2.83. The molecule has 2 atom stereocenters. The lowest BCUT2D eigenvalue weighted by atomic mass is 10.0. The van der Waals surface area contributed by atoms with E-state index >= 15 is 0 Å². The van der Waals surface area contributed by atoms with Gasteiger partial charge < -0.3 is 9.47 Å². The predicted octanol–water partition coefficient (Wildman–Crippen LogP) is 3.83. The van der Waals surface area contributed by atoms with Crippen LogP contribution < -0.4 is 0 Å². The zero-order valence-electron chi connectivity index (χ0n) is 8.17. The Morgan fingerprint density at radius 1 is 1.50 bits per heavy atom. The van der Waals surface area contributed by atoms with Gasteiger partial charge in [-0.3, -0.25) is 0 Å². The quantitative estimate of drug-likeness (QED) is 0.441. The molecular formula is C10H15Cl2O2+. The molecule has 1 saturated heterocycles. The van der Waals surface area contributed by atoms with Gasteiger partial charge >= 0.3 is 5.95 Å². The van der Waals surface area contributed by atoms with E-state index in [2.05, 4.69) is 10.9 Å². The van der Waals surface area contributed by atoms with Gasteiger partial charge in [0.1, 0.15) is 12.2 Å². The molecule has 80 valence electrons. The van der Waals surface area contributed by atoms with Crippen molar-refractivity contribution in [1.29, 1.82) is 0 Å². The number of aliphatic hydroxyl groups excluding tert-OH is 1. The number of rotatable bonds is 2. The van der Waals surface area contributed by atoms with Crippen molar-refractivity contribution in [1.82, 2.24) is 0 Å². The molecule has 1 heterocycles. The molecule has 0 bridgehead atoms. The summed E-state index contributed by atoms with van der Waals surface area (Å²) in [5.41, 5.74) is 0. The Bertz CT molecular complexity index is 247. The fourth-order valence-corrected chi connectivity index (χ4v) is 1.98. The van der Waals surface area contributed by atoms with Crippen LogP contribution in [-0.2, 0) is 4.37 Å². The van der Waals surface area contributed by atoms with Crippen LogP contribution in [0.25, 0.3) is 0 Å². The van der Waals surface area contributed by atoms with E-state index in [1.807, 2.05) is 6.92 Å². The summed E-state index contributed by atoms with van der Waals surface area (Å²) in [6.07, 6.45) is 5.07. The van der Waals surface area contributed by atoms with Crippen molar-refractivity contribution in [2.24, 2.45) is 0 Å². The zero-order valence-corrected chi connectivity index (χ0v) is 9.68. The number of hydrogen-bond donors (Lipinski definition) is 1. The van der Waals surface area contributed by atoms with Crippen LogP contribution in [-0.4, -0.2) is 17.3 Å². The van der Waals surface area contributed by atoms with Crippen molar-refractivity contribution < 1.29 is 9.47 Å². The van der Waals surface area contributed by atoms with Gasteiger partial charge in [0, 0.05) is 12.8 Å². The first kappa shape index (κ1) is 11.7. The number of halogens is 2. The topological polar surface area (TPSA) is 22.9 Å². The van der Waals surface area contributed by atoms with Gasteiger partial charge in [-0.1, -0.05) is 29.8 Å². The molecule has 0 aromatic carbocycles. The standard InChI is InChI=1S/C10H14Cl2O2/c1-3-8-6-4-5-7(2)14(8)10(13)9(11)12/h3,7-8H,1,4-6H2,2H3/p+1. The van der Waals surface area contributed by atoms with Gasteiger partial charge in [-0.2, -0.15) is 0 Å². The van der Waals surface area contributed by atoms with Crippen LogP contribution in [0.2, 0.25) is 0 Å². The van der Waals surface area contributed by atoms with E-state index in [0.717, 1.165) is 19.3 Å². The van der Waals surface area contributed by atoms with Crippen molar-refractivity contribution in [3.8, 4) is 0 Å². The highest BCUT2D eigenvalue weighted by molar-refractivity contribution is 6.56. The summed E-state index contributed by atoms with van der Waals surface area (Å²) in [6.45, 7) is 5.74. The SMILES string of the molecule is C=CC1CCCC(C)[O+]1C(O)=C(Cl)Cl. The molecule has 1 fully saturated rings. The van der Waals surface area contributed by atoms with Gasteiger partial charge in [-0.15, -0.1) is 0 Å². The van der Waals surface area contributed by atoms with Gasteiger partial charge in [-0.05, 0) is 19.4 Å². The molecule has 0 spiro atoms. The van der Waals surface area contributed by atoms with Crippen LogP contribution in [0, 0.1) is 0 Å². The second-order valence-corrected chi connectivity index (χ2v) is 4.40. The number of aliphatic hydroxyl groups is 1. The van der Waals surface area contributed by atoms with Gasteiger partial charge in [0.25, 0.3) is 0 Å². The van der Waals surface area contributed by atoms with Gasteiger partial charge in [-0.25, -0.2) is 0 Å². The number of hydrogen-bond acceptors (Lipinski definition) is 1. The molecule has 14 heavy (non-hydrogen) atoms. The fraction of sp³-hybridized carbons (Fsp3) is 0.600. The van der Waals surface area contributed by atoms with Crippen molar-refractivity contribution >= 4 is 23.2 Å². The third-order valence-electron chi connectivity index (χ3n) is 2.51. The summed E-state index contributed by atoms with van der Waals surface area (Å²) in [7, 11) is 0. The van der Waals surface area contributed by atoms with Crippen LogP contribution in [0.4, 0.5) is 0 Å². The minimum Gasteiger partial charge on any atom is -0.538 e. The lowest BCUT2D eigenvalue weighted by Gasteiger charge is -2.39. The smallest absolute Gasteiger partial charge is 0.484 e. The first-order valence-electron chi connectivity index (χ1n) is 4.66. The van der Waals surface area contributed by atoms with E-state index < -0.39 is 0 Å². The molecule has 0 aliphatic carbocycles. The average molecular weight is 238 g/mol. The van der Waals surface area contributed by atoms with Crippen LogP contribution in [0.1, 0.15) is 26.2 Å². The molecule has 2 unspecified atom stereocenters. The molecule has 1 aliphatic heterocycles. The maximum Gasteiger partial charge on any atom is 0.484 e. The van der Waals surface area contributed by atoms with E-state index in [4.69, 9.17) is 23.2 Å². The fourth-order valence-electron chi connectivity index (χ4n) is 1.80. The van der Waals surface area contributed by atoms with E-state index in [-0.39, 0.29) is 22.6 Å². The van der Waals surface area contributed by atoms with E-state index in [1.54, 1.807) is 6.08 Å². The molecule has 0 aromatic heterocycles. The Morgan fingerprint density at radius 3 is 2.64 bits per heavy atom. The van der Waals surface area contributed by atoms with Crippen molar-refractivity contribution in [2.75, 3.05) is 0 Å². The molecule has 0 aromatic rings. The summed E-state index contributed by atoms with van der Waals surface area (Å²) in [4.78, 5) is 0. The molecule has 1 aliphatic rings. The Balaban J connectivity index is 2.89. The molecule has 2 nitrogen and oxygen atoms in total. The first-order chi connectivity index (χ1) is 6.57. The third kappa shape index (κ3) is 2.37. The van der Waals surface area contributed by atoms with Crippen LogP contribution in [0.3, 0.4) is 0 Å². The average Bonchev–Trinajstić information content (AvgIpc) is 2.16. The first-order valence-corrected chi connectivity index (χ1v) is 5.42. The molecular weight excluding hydrogens is 223 g/mol. The Labute approximate surface area is 94.5 Å². The lowest BCUT2D eigenvalue weighted by molar-refractivity contribution is -0.228. The van der Waals surface area contributed by atoms with Crippen LogP contribution in [0.15, 0.2) is 23.1 Å². The monoisotopic (exact) mass is 237 g/mol.